The normalized spacial score (nSPS) is 10.8. The lowest BCUT2D eigenvalue weighted by molar-refractivity contribution is -0.116. The molecule has 1 N–H and O–H groups in total. The zero-order valence-corrected chi connectivity index (χ0v) is 16.6. The molecule has 2 aromatic carbocycles. The number of hydrogen-bond acceptors (Lipinski definition) is 7. The molecule has 0 bridgehead atoms. The van der Waals surface area contributed by atoms with Gasteiger partial charge in [0.25, 0.3) is 11.3 Å². The average molecular weight is 424 g/mol. The lowest BCUT2D eigenvalue weighted by Gasteiger charge is -2.11. The number of methoxy groups -OCH3 is 2. The highest BCUT2D eigenvalue weighted by Crippen LogP contribution is 2.30. The summed E-state index contributed by atoms with van der Waals surface area (Å²) in [7, 11) is 2.99. The Morgan fingerprint density at radius 1 is 1.16 bits per heavy atom. The van der Waals surface area contributed by atoms with Gasteiger partial charge in [-0.2, -0.15) is 0 Å². The predicted octanol–water partition coefficient (Wildman–Crippen LogP) is 2.85. The van der Waals surface area contributed by atoms with Crippen molar-refractivity contribution in [2.24, 2.45) is 0 Å². The van der Waals surface area contributed by atoms with Crippen LogP contribution in [0.2, 0.25) is 0 Å². The number of aromatic nitrogens is 3. The predicted molar refractivity (Wildman–Crippen MR) is 110 cm³/mol. The van der Waals surface area contributed by atoms with Crippen molar-refractivity contribution in [2.75, 3.05) is 19.5 Å². The number of fused-ring (bicyclic) bond motifs is 1. The molecule has 31 heavy (non-hydrogen) atoms. The molecule has 0 saturated heterocycles. The first-order valence-corrected chi connectivity index (χ1v) is 9.13. The van der Waals surface area contributed by atoms with Crippen molar-refractivity contribution in [2.45, 2.75) is 6.54 Å². The van der Waals surface area contributed by atoms with E-state index in [0.29, 0.717) is 17.2 Å². The van der Waals surface area contributed by atoms with E-state index in [1.165, 1.54) is 38.7 Å². The number of benzene rings is 2. The second-order valence-corrected chi connectivity index (χ2v) is 6.49. The van der Waals surface area contributed by atoms with Crippen LogP contribution in [0.4, 0.5) is 10.1 Å². The molecule has 0 aliphatic rings. The van der Waals surface area contributed by atoms with Crippen LogP contribution in [0.3, 0.4) is 0 Å². The Labute approximate surface area is 175 Å². The molecule has 0 radical (unpaired) electrons. The number of ether oxygens (including phenoxy) is 2. The van der Waals surface area contributed by atoms with Crippen LogP contribution in [0.1, 0.15) is 0 Å². The van der Waals surface area contributed by atoms with Crippen LogP contribution in [-0.2, 0) is 11.3 Å². The van der Waals surface area contributed by atoms with Gasteiger partial charge in [-0.25, -0.2) is 9.37 Å². The molecule has 0 atom stereocenters. The lowest BCUT2D eigenvalue weighted by Crippen LogP contribution is -2.27. The maximum Gasteiger partial charge on any atom is 0.267 e. The van der Waals surface area contributed by atoms with Crippen LogP contribution in [0.25, 0.3) is 22.4 Å². The molecule has 9 nitrogen and oxygen atoms in total. The Morgan fingerprint density at radius 2 is 1.94 bits per heavy atom. The van der Waals surface area contributed by atoms with E-state index in [4.69, 9.17) is 14.0 Å². The van der Waals surface area contributed by atoms with Gasteiger partial charge in [-0.05, 0) is 24.3 Å². The molecule has 158 valence electrons. The molecule has 0 aliphatic carbocycles. The Hall–Kier alpha value is -4.21. The summed E-state index contributed by atoms with van der Waals surface area (Å²) in [6.45, 7) is -0.321. The van der Waals surface area contributed by atoms with Crippen molar-refractivity contribution in [1.82, 2.24) is 14.7 Å². The van der Waals surface area contributed by atoms with Crippen molar-refractivity contribution >= 4 is 22.7 Å². The molecule has 0 unspecified atom stereocenters. The van der Waals surface area contributed by atoms with Gasteiger partial charge < -0.3 is 19.3 Å². The molecular weight excluding hydrogens is 407 g/mol. The minimum Gasteiger partial charge on any atom is -0.493 e. The fourth-order valence-corrected chi connectivity index (χ4v) is 3.10. The molecule has 0 saturated carbocycles. The first kappa shape index (κ1) is 20.1. The van der Waals surface area contributed by atoms with Crippen LogP contribution < -0.4 is 20.3 Å². The van der Waals surface area contributed by atoms with Gasteiger partial charge in [0, 0.05) is 17.3 Å². The number of rotatable bonds is 6. The van der Waals surface area contributed by atoms with Gasteiger partial charge >= 0.3 is 0 Å². The maximum absolute atomic E-state index is 14.2. The van der Waals surface area contributed by atoms with Crippen molar-refractivity contribution in [3.8, 4) is 22.8 Å². The third kappa shape index (κ3) is 3.82. The van der Waals surface area contributed by atoms with Crippen molar-refractivity contribution < 1.29 is 23.2 Å². The molecule has 1 amide bonds. The molecule has 2 heterocycles. The van der Waals surface area contributed by atoms with Crippen LogP contribution in [0.15, 0.2) is 58.1 Å². The topological polar surface area (TPSA) is 108 Å². The molecule has 0 fully saturated rings. The summed E-state index contributed by atoms with van der Waals surface area (Å²) in [6.07, 6.45) is 1.18. The van der Waals surface area contributed by atoms with Crippen LogP contribution in [0.5, 0.6) is 11.5 Å². The SMILES string of the molecule is COc1ccc(NC(=O)Cn2cnc3onc(-c4ccccc4F)c3c2=O)cc1OC. The second kappa shape index (κ2) is 8.27. The van der Waals surface area contributed by atoms with E-state index >= 15 is 0 Å². The van der Waals surface area contributed by atoms with E-state index in [-0.39, 0.29) is 28.9 Å². The number of carbonyl (C=O) groups excluding carboxylic acids is 1. The van der Waals surface area contributed by atoms with Crippen LogP contribution >= 0.6 is 0 Å². The number of nitrogens with zero attached hydrogens (tertiary/aromatic N) is 3. The lowest BCUT2D eigenvalue weighted by atomic mass is 10.1. The zero-order chi connectivity index (χ0) is 22.0. The molecule has 10 heteroatoms. The number of hydrogen-bond donors (Lipinski definition) is 1. The standard InChI is InChI=1S/C21H17FN4O5/c1-29-15-8-7-12(9-16(15)30-2)24-17(27)10-26-11-23-20-18(21(26)28)19(25-31-20)13-5-3-4-6-14(13)22/h3-9,11H,10H2,1-2H3,(H,24,27). The summed E-state index contributed by atoms with van der Waals surface area (Å²) in [6, 6.07) is 10.7. The van der Waals surface area contributed by atoms with Gasteiger partial charge in [0.2, 0.25) is 5.91 Å². The Morgan fingerprint density at radius 3 is 2.68 bits per heavy atom. The largest absolute Gasteiger partial charge is 0.493 e. The van der Waals surface area contributed by atoms with E-state index in [2.05, 4.69) is 15.5 Å². The second-order valence-electron chi connectivity index (χ2n) is 6.49. The smallest absolute Gasteiger partial charge is 0.267 e. The third-order valence-electron chi connectivity index (χ3n) is 4.57. The Bertz CT molecular complexity index is 1330. The first-order valence-electron chi connectivity index (χ1n) is 9.13. The summed E-state index contributed by atoms with van der Waals surface area (Å²) in [5.41, 5.74) is -0.0264. The molecular formula is C21H17FN4O5. The zero-order valence-electron chi connectivity index (χ0n) is 16.6. The van der Waals surface area contributed by atoms with Crippen molar-refractivity contribution in [1.29, 1.82) is 0 Å². The summed E-state index contributed by atoms with van der Waals surface area (Å²) in [4.78, 5) is 29.5. The monoisotopic (exact) mass is 424 g/mol. The average Bonchev–Trinajstić information content (AvgIpc) is 3.20. The fourth-order valence-electron chi connectivity index (χ4n) is 3.10. The highest BCUT2D eigenvalue weighted by molar-refractivity contribution is 5.92. The Kier molecular flexibility index (Phi) is 5.35. The third-order valence-corrected chi connectivity index (χ3v) is 4.57. The highest BCUT2D eigenvalue weighted by atomic mass is 19.1. The number of halogens is 1. The van der Waals surface area contributed by atoms with Gasteiger partial charge in [-0.1, -0.05) is 17.3 Å². The van der Waals surface area contributed by atoms with Gasteiger partial charge in [0.15, 0.2) is 11.5 Å². The maximum atomic E-state index is 14.2. The molecule has 2 aromatic heterocycles. The van der Waals surface area contributed by atoms with Gasteiger partial charge in [-0.3, -0.25) is 14.2 Å². The fraction of sp³-hybridized carbons (Fsp3) is 0.143. The number of nitrogens with one attached hydrogen (secondary N) is 1. The first-order chi connectivity index (χ1) is 15.0. The minimum atomic E-state index is -0.577. The summed E-state index contributed by atoms with van der Waals surface area (Å²) < 4.78 is 30.7. The van der Waals surface area contributed by atoms with Crippen molar-refractivity contribution in [3.63, 3.8) is 0 Å². The highest BCUT2D eigenvalue weighted by Gasteiger charge is 2.20. The van der Waals surface area contributed by atoms with Crippen LogP contribution in [-0.4, -0.2) is 34.8 Å². The minimum absolute atomic E-state index is 0.00785. The summed E-state index contributed by atoms with van der Waals surface area (Å²) in [5, 5.41) is 6.47. The van der Waals surface area contributed by atoms with Gasteiger partial charge in [-0.15, -0.1) is 0 Å². The number of anilines is 1. The van der Waals surface area contributed by atoms with Crippen molar-refractivity contribution in [3.05, 3.63) is 65.0 Å². The molecule has 4 aromatic rings. The number of amides is 1. The Balaban J connectivity index is 1.63. The van der Waals surface area contributed by atoms with E-state index in [0.717, 1.165) is 4.57 Å². The van der Waals surface area contributed by atoms with E-state index < -0.39 is 17.3 Å². The molecule has 0 spiro atoms. The van der Waals surface area contributed by atoms with E-state index in [9.17, 15) is 14.0 Å². The molecule has 4 rings (SSSR count). The molecule has 0 aliphatic heterocycles. The quantitative estimate of drug-likeness (QED) is 0.507. The van der Waals surface area contributed by atoms with Gasteiger partial charge in [0.1, 0.15) is 29.8 Å². The van der Waals surface area contributed by atoms with Crippen LogP contribution in [0, 0.1) is 5.82 Å². The van der Waals surface area contributed by atoms with E-state index in [1.54, 1.807) is 24.3 Å². The summed E-state index contributed by atoms with van der Waals surface area (Å²) >= 11 is 0. The summed E-state index contributed by atoms with van der Waals surface area (Å²) in [5.74, 6) is -0.0721. The van der Waals surface area contributed by atoms with Gasteiger partial charge in [0.05, 0.1) is 14.2 Å². The van der Waals surface area contributed by atoms with E-state index in [1.807, 2.05) is 0 Å². The number of carbonyl (C=O) groups is 1.